The van der Waals surface area contributed by atoms with Crippen LogP contribution in [-0.4, -0.2) is 18.9 Å². The molecule has 3 heteroatoms. The largest absolute Gasteiger partial charge is 0.373 e. The Morgan fingerprint density at radius 1 is 0.432 bits per heavy atom. The van der Waals surface area contributed by atoms with Crippen molar-refractivity contribution in [1.29, 1.82) is 0 Å². The molecule has 5 aromatic carbocycles. The predicted octanol–water partition coefficient (Wildman–Crippen LogP) is 7.01. The standard InChI is InChI=1S/C34H32OP2/c1-6-16-29(17-7-1)34(28-37(32-22-12-4-13-23-32)33-24-14-5-15-25-33)35-26-27-36(30-18-8-2-9-19-30)31-20-10-3-11-21-31/h1-25,34H,26-28H2. The monoisotopic (exact) mass is 518 g/mol. The van der Waals surface area contributed by atoms with E-state index in [2.05, 4.69) is 152 Å². The van der Waals surface area contributed by atoms with Crippen molar-refractivity contribution in [2.45, 2.75) is 6.10 Å². The van der Waals surface area contributed by atoms with Crippen molar-refractivity contribution in [3.8, 4) is 0 Å². The Morgan fingerprint density at radius 2 is 0.784 bits per heavy atom. The van der Waals surface area contributed by atoms with Gasteiger partial charge in [0.2, 0.25) is 0 Å². The van der Waals surface area contributed by atoms with Gasteiger partial charge in [0, 0.05) is 6.16 Å². The van der Waals surface area contributed by atoms with E-state index in [1.54, 1.807) is 0 Å². The molecule has 1 atom stereocenters. The second-order valence-corrected chi connectivity index (χ2v) is 13.5. The van der Waals surface area contributed by atoms with Crippen LogP contribution in [0.1, 0.15) is 11.7 Å². The first-order chi connectivity index (χ1) is 18.4. The maximum absolute atomic E-state index is 6.81. The minimum Gasteiger partial charge on any atom is -0.373 e. The smallest absolute Gasteiger partial charge is 0.0870 e. The van der Waals surface area contributed by atoms with Crippen molar-refractivity contribution in [3.05, 3.63) is 157 Å². The molecule has 0 saturated heterocycles. The number of benzene rings is 5. The van der Waals surface area contributed by atoms with Crippen LogP contribution in [0.2, 0.25) is 0 Å². The van der Waals surface area contributed by atoms with Gasteiger partial charge in [-0.1, -0.05) is 152 Å². The molecule has 184 valence electrons. The van der Waals surface area contributed by atoms with Crippen LogP contribution < -0.4 is 21.2 Å². The number of rotatable bonds is 11. The van der Waals surface area contributed by atoms with Gasteiger partial charge < -0.3 is 4.74 Å². The van der Waals surface area contributed by atoms with Gasteiger partial charge in [0.1, 0.15) is 0 Å². The minimum absolute atomic E-state index is 0.0381. The van der Waals surface area contributed by atoms with E-state index >= 15 is 0 Å². The third-order valence-electron chi connectivity index (χ3n) is 6.43. The third-order valence-corrected chi connectivity index (χ3v) is 11.4. The van der Waals surface area contributed by atoms with Crippen LogP contribution in [0, 0.1) is 0 Å². The van der Waals surface area contributed by atoms with Gasteiger partial charge in [-0.15, -0.1) is 0 Å². The Morgan fingerprint density at radius 3 is 1.19 bits per heavy atom. The summed E-state index contributed by atoms with van der Waals surface area (Å²) in [5, 5.41) is 5.59. The fourth-order valence-corrected chi connectivity index (χ4v) is 9.17. The number of hydrogen-bond donors (Lipinski definition) is 0. The minimum atomic E-state index is -0.553. The van der Waals surface area contributed by atoms with Crippen molar-refractivity contribution < 1.29 is 4.74 Å². The summed E-state index contributed by atoms with van der Waals surface area (Å²) >= 11 is 0. The van der Waals surface area contributed by atoms with E-state index in [-0.39, 0.29) is 6.10 Å². The quantitative estimate of drug-likeness (QED) is 0.171. The van der Waals surface area contributed by atoms with E-state index < -0.39 is 15.8 Å². The lowest BCUT2D eigenvalue weighted by Crippen LogP contribution is -2.21. The highest BCUT2D eigenvalue weighted by molar-refractivity contribution is 7.73. The zero-order valence-corrected chi connectivity index (χ0v) is 22.7. The lowest BCUT2D eigenvalue weighted by Gasteiger charge is -2.27. The molecule has 0 bridgehead atoms. The van der Waals surface area contributed by atoms with Gasteiger partial charge in [-0.25, -0.2) is 0 Å². The summed E-state index contributed by atoms with van der Waals surface area (Å²) in [6.07, 6.45) is 2.00. The third kappa shape index (κ3) is 7.03. The highest BCUT2D eigenvalue weighted by Crippen LogP contribution is 2.40. The maximum Gasteiger partial charge on any atom is 0.0870 e. The van der Waals surface area contributed by atoms with Crippen molar-refractivity contribution in [3.63, 3.8) is 0 Å². The molecule has 0 fully saturated rings. The molecular weight excluding hydrogens is 486 g/mol. The molecule has 0 spiro atoms. The first-order valence-corrected chi connectivity index (χ1v) is 15.9. The van der Waals surface area contributed by atoms with Gasteiger partial charge in [0.25, 0.3) is 0 Å². The second-order valence-electron chi connectivity index (χ2n) is 8.87. The van der Waals surface area contributed by atoms with Gasteiger partial charge >= 0.3 is 0 Å². The molecule has 37 heavy (non-hydrogen) atoms. The van der Waals surface area contributed by atoms with Crippen molar-refractivity contribution in [2.24, 2.45) is 0 Å². The van der Waals surface area contributed by atoms with Crippen LogP contribution in [0.3, 0.4) is 0 Å². The highest BCUT2D eigenvalue weighted by atomic mass is 31.1. The van der Waals surface area contributed by atoms with Crippen molar-refractivity contribution >= 4 is 37.1 Å². The Bertz CT molecular complexity index is 1230. The first-order valence-electron chi connectivity index (χ1n) is 12.8. The van der Waals surface area contributed by atoms with Gasteiger partial charge in [-0.2, -0.15) is 0 Å². The highest BCUT2D eigenvalue weighted by Gasteiger charge is 2.22. The molecule has 0 N–H and O–H groups in total. The average molecular weight is 519 g/mol. The fourth-order valence-electron chi connectivity index (χ4n) is 4.57. The average Bonchev–Trinajstić information content (AvgIpc) is 2.99. The van der Waals surface area contributed by atoms with Crippen molar-refractivity contribution in [1.82, 2.24) is 0 Å². The van der Waals surface area contributed by atoms with Gasteiger partial charge in [0.05, 0.1) is 12.7 Å². The second kappa shape index (κ2) is 13.5. The Hall–Kier alpha value is -3.08. The van der Waals surface area contributed by atoms with Crippen LogP contribution in [0.15, 0.2) is 152 Å². The van der Waals surface area contributed by atoms with Crippen LogP contribution in [0.25, 0.3) is 0 Å². The molecule has 5 rings (SSSR count). The molecule has 1 unspecified atom stereocenters. The van der Waals surface area contributed by atoms with Gasteiger partial charge in [-0.3, -0.25) is 0 Å². The van der Waals surface area contributed by atoms with E-state index in [0.717, 1.165) is 18.9 Å². The topological polar surface area (TPSA) is 9.23 Å². The molecule has 0 aliphatic carbocycles. The van der Waals surface area contributed by atoms with E-state index in [9.17, 15) is 0 Å². The zero-order valence-electron chi connectivity index (χ0n) is 20.9. The SMILES string of the molecule is c1ccc(C(CP(c2ccccc2)c2ccccc2)OCCP(c2ccccc2)c2ccccc2)cc1. The lowest BCUT2D eigenvalue weighted by atomic mass is 10.1. The Balaban J connectivity index is 1.39. The molecule has 0 saturated carbocycles. The van der Waals surface area contributed by atoms with E-state index in [4.69, 9.17) is 4.74 Å². The van der Waals surface area contributed by atoms with Gasteiger partial charge in [-0.05, 0) is 48.8 Å². The van der Waals surface area contributed by atoms with Crippen molar-refractivity contribution in [2.75, 3.05) is 18.9 Å². The summed E-state index contributed by atoms with van der Waals surface area (Å²) in [5.74, 6) is 0. The zero-order chi connectivity index (χ0) is 25.1. The van der Waals surface area contributed by atoms with Crippen LogP contribution in [-0.2, 0) is 4.74 Å². The normalized spacial score (nSPS) is 12.1. The number of hydrogen-bond acceptors (Lipinski definition) is 1. The van der Waals surface area contributed by atoms with E-state index in [1.165, 1.54) is 26.8 Å². The Labute approximate surface area is 223 Å². The fraction of sp³-hybridized carbons (Fsp3) is 0.118. The van der Waals surface area contributed by atoms with Crippen LogP contribution in [0.5, 0.6) is 0 Å². The lowest BCUT2D eigenvalue weighted by molar-refractivity contribution is 0.0810. The summed E-state index contributed by atoms with van der Waals surface area (Å²) in [6, 6.07) is 54.5. The molecule has 0 amide bonds. The van der Waals surface area contributed by atoms with Gasteiger partial charge in [0.15, 0.2) is 0 Å². The summed E-state index contributed by atoms with van der Waals surface area (Å²) in [5.41, 5.74) is 1.26. The Kier molecular flexibility index (Phi) is 9.30. The summed E-state index contributed by atoms with van der Waals surface area (Å²) < 4.78 is 6.81. The maximum atomic E-state index is 6.81. The summed E-state index contributed by atoms with van der Waals surface area (Å²) in [4.78, 5) is 0. The first kappa shape index (κ1) is 25.6. The molecule has 1 nitrogen and oxygen atoms in total. The van der Waals surface area contributed by atoms with Crippen LogP contribution in [0.4, 0.5) is 0 Å². The van der Waals surface area contributed by atoms with Crippen LogP contribution >= 0.6 is 15.8 Å². The molecule has 0 aliphatic rings. The van der Waals surface area contributed by atoms with E-state index in [1.807, 2.05) is 0 Å². The summed E-state index contributed by atoms with van der Waals surface area (Å²) in [7, 11) is -1.03. The van der Waals surface area contributed by atoms with E-state index in [0.29, 0.717) is 0 Å². The molecule has 0 heterocycles. The molecule has 0 radical (unpaired) electrons. The number of ether oxygens (including phenoxy) is 1. The predicted molar refractivity (Wildman–Crippen MR) is 163 cm³/mol. The molecule has 0 aliphatic heterocycles. The molecule has 0 aromatic heterocycles. The molecular formula is C34H32OP2. The molecule has 5 aromatic rings. The summed E-state index contributed by atoms with van der Waals surface area (Å²) in [6.45, 7) is 0.724.